The molecule has 0 fully saturated rings. The van der Waals surface area contributed by atoms with Crippen molar-refractivity contribution in [3.05, 3.63) is 48.0 Å². The molecule has 1 aliphatic heterocycles. The third-order valence-electron chi connectivity index (χ3n) is 6.17. The Balaban J connectivity index is 2.39. The minimum atomic E-state index is -2.62. The van der Waals surface area contributed by atoms with E-state index in [4.69, 9.17) is 0 Å². The molecule has 1 aliphatic rings. The van der Waals surface area contributed by atoms with E-state index in [0.717, 1.165) is 4.56 Å². The molecule has 1 N–H and O–H groups in total. The Hall–Kier alpha value is -0.811. The Labute approximate surface area is 169 Å². The van der Waals surface area contributed by atoms with Crippen LogP contribution in [0.15, 0.2) is 36.9 Å². The van der Waals surface area contributed by atoms with Gasteiger partial charge in [0.15, 0.2) is 0 Å². The van der Waals surface area contributed by atoms with Crippen LogP contribution < -0.4 is 0 Å². The van der Waals surface area contributed by atoms with Gasteiger partial charge in [0.1, 0.15) is 0 Å². The van der Waals surface area contributed by atoms with Crippen molar-refractivity contribution in [2.75, 3.05) is 4.56 Å². The number of benzene rings is 1. The number of nitrogens with zero attached hydrogens (tertiary/aromatic N) is 1. The van der Waals surface area contributed by atoms with Crippen LogP contribution in [0.3, 0.4) is 0 Å². The Morgan fingerprint density at radius 1 is 1.04 bits per heavy atom. The zero-order valence-corrected chi connectivity index (χ0v) is 20.3. The molecule has 1 amide bonds. The van der Waals surface area contributed by atoms with Crippen LogP contribution in [0.25, 0.3) is 0 Å². The maximum atomic E-state index is 13.2. The Kier molecular flexibility index (Phi) is 8.41. The average Bonchev–Trinajstić information content (AvgIpc) is 2.91. The fraction of sp³-hybridized carbons (Fsp3) is 0.609. The van der Waals surface area contributed by atoms with Gasteiger partial charge in [-0.3, -0.25) is 0 Å². The molecule has 2 rings (SSSR count). The van der Waals surface area contributed by atoms with Crippen molar-refractivity contribution in [2.45, 2.75) is 78.3 Å². The summed E-state index contributed by atoms with van der Waals surface area (Å²) in [7, 11) is 0. The average molecular weight is 478 g/mol. The number of hydrogen-bond acceptors (Lipinski definition) is 2. The maximum absolute atomic E-state index is 13.2. The molecule has 0 radical (unpaired) electrons. The predicted octanol–water partition coefficient (Wildman–Crippen LogP) is 5.86. The van der Waals surface area contributed by atoms with Gasteiger partial charge >= 0.3 is 170 Å². The topological polar surface area (TPSA) is 40.5 Å². The van der Waals surface area contributed by atoms with Gasteiger partial charge in [-0.1, -0.05) is 0 Å². The Morgan fingerprint density at radius 3 is 2.04 bits per heavy atom. The van der Waals surface area contributed by atoms with Gasteiger partial charge in [-0.25, -0.2) is 0 Å². The van der Waals surface area contributed by atoms with E-state index in [1.165, 1.54) is 51.8 Å². The molecule has 4 heteroatoms. The molecule has 3 nitrogen and oxygen atoms in total. The van der Waals surface area contributed by atoms with E-state index >= 15 is 0 Å². The van der Waals surface area contributed by atoms with Gasteiger partial charge in [0.05, 0.1) is 0 Å². The number of aliphatic hydroxyl groups is 1. The van der Waals surface area contributed by atoms with Crippen LogP contribution in [0.2, 0.25) is 13.3 Å². The summed E-state index contributed by atoms with van der Waals surface area (Å²) in [6.45, 7) is 10.7. The molecule has 1 aromatic carbocycles. The molecule has 1 atom stereocenters. The second-order valence-electron chi connectivity index (χ2n) is 8.18. The van der Waals surface area contributed by atoms with Crippen LogP contribution >= 0.6 is 0 Å². The van der Waals surface area contributed by atoms with Gasteiger partial charge in [-0.05, 0) is 0 Å². The van der Waals surface area contributed by atoms with Crippen LogP contribution in [-0.2, 0) is 5.72 Å². The van der Waals surface area contributed by atoms with Crippen molar-refractivity contribution in [2.24, 2.45) is 0 Å². The first kappa shape index (κ1) is 22.5. The molecule has 0 spiro atoms. The minimum absolute atomic E-state index is 0.0152. The summed E-state index contributed by atoms with van der Waals surface area (Å²) in [5, 5.41) is 11.4. The van der Waals surface area contributed by atoms with E-state index in [1.54, 1.807) is 11.0 Å². The number of unbranched alkanes of at least 4 members (excludes halogenated alkanes) is 3. The molecule has 0 aliphatic carbocycles. The number of carbonyl (C=O) groups excluding carboxylic acids is 1. The van der Waals surface area contributed by atoms with Gasteiger partial charge in [-0.15, -0.1) is 0 Å². The predicted molar refractivity (Wildman–Crippen MR) is 116 cm³/mol. The molecule has 0 aromatic heterocycles. The van der Waals surface area contributed by atoms with Gasteiger partial charge in [0.2, 0.25) is 0 Å². The molecular weight excluding hydrogens is 441 g/mol. The molecule has 0 bridgehead atoms. The third-order valence-corrected chi connectivity index (χ3v) is 21.1. The number of rotatable bonds is 12. The Morgan fingerprint density at radius 2 is 1.56 bits per heavy atom. The summed E-state index contributed by atoms with van der Waals surface area (Å²) in [6, 6.07) is 7.49. The van der Waals surface area contributed by atoms with E-state index in [1.807, 2.05) is 24.3 Å². The van der Waals surface area contributed by atoms with E-state index in [0.29, 0.717) is 11.1 Å². The standard InChI is InChI=1S/C11H10NO2.3C4H9.Sn/c1-3-11(14)9-7-5-4-6-8(9)10(13)12(11)2;3*1-3-4-2;/h3-7,14H,1-2H2;3*1,3-4H2,2H3;. The summed E-state index contributed by atoms with van der Waals surface area (Å²) in [4.78, 5) is 15.0. The fourth-order valence-electron chi connectivity index (χ4n) is 4.45. The summed E-state index contributed by atoms with van der Waals surface area (Å²) in [6.07, 6.45) is 8.94. The van der Waals surface area contributed by atoms with Gasteiger partial charge in [0.25, 0.3) is 0 Å². The summed E-state index contributed by atoms with van der Waals surface area (Å²) >= 11 is -2.62. The van der Waals surface area contributed by atoms with Crippen molar-refractivity contribution < 1.29 is 9.90 Å². The summed E-state index contributed by atoms with van der Waals surface area (Å²) < 4.78 is 4.76. The van der Waals surface area contributed by atoms with Crippen molar-refractivity contribution in [1.82, 2.24) is 4.90 Å². The molecule has 1 heterocycles. The second-order valence-corrected chi connectivity index (χ2v) is 21.9. The van der Waals surface area contributed by atoms with E-state index < -0.39 is 24.1 Å². The summed E-state index contributed by atoms with van der Waals surface area (Å²) in [5.74, 6) is -0.0152. The molecular formula is C23H37NO2Sn. The molecule has 150 valence electrons. The first-order chi connectivity index (χ1) is 13.0. The zero-order valence-electron chi connectivity index (χ0n) is 17.5. The van der Waals surface area contributed by atoms with Crippen molar-refractivity contribution in [1.29, 1.82) is 0 Å². The van der Waals surface area contributed by atoms with E-state index in [-0.39, 0.29) is 5.91 Å². The number of carbonyl (C=O) groups is 1. The first-order valence-electron chi connectivity index (χ1n) is 10.8. The monoisotopic (exact) mass is 479 g/mol. The molecule has 1 unspecified atom stereocenters. The van der Waals surface area contributed by atoms with Crippen LogP contribution in [0, 0.1) is 0 Å². The van der Waals surface area contributed by atoms with Gasteiger partial charge in [-0.2, -0.15) is 0 Å². The summed E-state index contributed by atoms with van der Waals surface area (Å²) in [5.41, 5.74) is -0.00579. The zero-order chi connectivity index (χ0) is 19.9. The number of hydrogen-bond donors (Lipinski definition) is 1. The van der Waals surface area contributed by atoms with Gasteiger partial charge in [0, 0.05) is 0 Å². The normalized spacial score (nSPS) is 19.4. The van der Waals surface area contributed by atoms with Crippen LogP contribution in [0.5, 0.6) is 0 Å². The molecule has 1 aromatic rings. The number of fused-ring (bicyclic) bond motifs is 1. The van der Waals surface area contributed by atoms with Gasteiger partial charge < -0.3 is 0 Å². The van der Waals surface area contributed by atoms with Crippen LogP contribution in [0.1, 0.15) is 75.2 Å². The van der Waals surface area contributed by atoms with Crippen molar-refractivity contribution in [3.63, 3.8) is 0 Å². The molecule has 0 saturated carbocycles. The van der Waals surface area contributed by atoms with Crippen molar-refractivity contribution in [3.8, 4) is 0 Å². The first-order valence-corrected chi connectivity index (χ1v) is 18.8. The van der Waals surface area contributed by atoms with Crippen molar-refractivity contribution >= 4 is 24.3 Å². The molecule has 27 heavy (non-hydrogen) atoms. The van der Waals surface area contributed by atoms with Crippen LogP contribution in [-0.4, -0.2) is 38.9 Å². The quantitative estimate of drug-likeness (QED) is 0.302. The van der Waals surface area contributed by atoms with E-state index in [2.05, 4.69) is 27.4 Å². The van der Waals surface area contributed by atoms with Crippen LogP contribution in [0.4, 0.5) is 0 Å². The SMILES string of the molecule is C=CC1(O)c2ccccc2C(=O)N1[CH2][Sn]([CH2]CCC)([CH2]CCC)[CH2]CCC. The Bertz CT molecular complexity index is 623. The van der Waals surface area contributed by atoms with E-state index in [9.17, 15) is 9.90 Å². The second kappa shape index (κ2) is 10.1. The molecule has 0 saturated heterocycles. The third kappa shape index (κ3) is 4.79. The number of amides is 1. The fourth-order valence-corrected chi connectivity index (χ4v) is 20.4.